The van der Waals surface area contributed by atoms with Crippen LogP contribution in [0.5, 0.6) is 5.75 Å². The van der Waals surface area contributed by atoms with E-state index in [1.54, 1.807) is 6.20 Å². The molecule has 1 aromatic carbocycles. The van der Waals surface area contributed by atoms with Crippen LogP contribution in [0.25, 0.3) is 0 Å². The summed E-state index contributed by atoms with van der Waals surface area (Å²) >= 11 is 3.43. The van der Waals surface area contributed by atoms with E-state index in [2.05, 4.69) is 26.2 Å². The summed E-state index contributed by atoms with van der Waals surface area (Å²) in [4.78, 5) is 18.2. The third-order valence-electron chi connectivity index (χ3n) is 3.41. The van der Waals surface area contributed by atoms with Gasteiger partial charge in [0.1, 0.15) is 11.6 Å². The molecule has 128 valence electrons. The van der Waals surface area contributed by atoms with E-state index in [1.165, 1.54) is 0 Å². The number of halogens is 1. The van der Waals surface area contributed by atoms with Crippen molar-refractivity contribution in [3.8, 4) is 5.75 Å². The average molecular weight is 392 g/mol. The van der Waals surface area contributed by atoms with E-state index in [1.807, 2.05) is 55.4 Å². The van der Waals surface area contributed by atoms with Gasteiger partial charge in [-0.1, -0.05) is 18.2 Å². The number of aromatic nitrogens is 1. The predicted molar refractivity (Wildman–Crippen MR) is 99.3 cm³/mol. The zero-order valence-electron chi connectivity index (χ0n) is 14.0. The molecule has 0 aliphatic heterocycles. The molecule has 1 N–H and O–H groups in total. The van der Waals surface area contributed by atoms with Crippen LogP contribution in [0.15, 0.2) is 47.1 Å². The van der Waals surface area contributed by atoms with Gasteiger partial charge in [-0.05, 0) is 40.5 Å². The molecular weight excluding hydrogens is 370 g/mol. The Morgan fingerprint density at radius 2 is 2.04 bits per heavy atom. The molecular formula is C18H22BrN3O2. The lowest BCUT2D eigenvalue weighted by molar-refractivity contribution is -0.121. The van der Waals surface area contributed by atoms with Gasteiger partial charge in [-0.15, -0.1) is 0 Å². The number of benzene rings is 1. The number of rotatable bonds is 8. The summed E-state index contributed by atoms with van der Waals surface area (Å²) in [6.45, 7) is 0.983. The van der Waals surface area contributed by atoms with Crippen LogP contribution in [0.3, 0.4) is 0 Å². The van der Waals surface area contributed by atoms with Crippen molar-refractivity contribution in [3.63, 3.8) is 0 Å². The fraction of sp³-hybridized carbons (Fsp3) is 0.333. The molecule has 0 radical (unpaired) electrons. The molecule has 1 amide bonds. The summed E-state index contributed by atoms with van der Waals surface area (Å²) < 4.78 is 6.58. The van der Waals surface area contributed by atoms with E-state index >= 15 is 0 Å². The standard InChI is InChI=1S/C18H22BrN3O2/c1-22(2)18-14(7-5-11-20-18)13-21-17(23)10-6-12-24-16-9-4-3-8-15(16)19/h3-5,7-9,11H,6,10,12-13H2,1-2H3,(H,21,23). The highest BCUT2D eigenvalue weighted by Gasteiger charge is 2.07. The Balaban J connectivity index is 1.72. The number of hydrogen-bond acceptors (Lipinski definition) is 4. The number of nitrogens with one attached hydrogen (secondary N) is 1. The Bertz CT molecular complexity index is 677. The topological polar surface area (TPSA) is 54.5 Å². The minimum atomic E-state index is 0.0132. The molecule has 2 rings (SSSR count). The molecule has 0 saturated heterocycles. The van der Waals surface area contributed by atoms with Crippen molar-refractivity contribution in [2.75, 3.05) is 25.6 Å². The van der Waals surface area contributed by atoms with Crippen molar-refractivity contribution in [2.24, 2.45) is 0 Å². The minimum Gasteiger partial charge on any atom is -0.492 e. The lowest BCUT2D eigenvalue weighted by atomic mass is 10.2. The van der Waals surface area contributed by atoms with Gasteiger partial charge in [0.2, 0.25) is 5.91 Å². The van der Waals surface area contributed by atoms with Crippen LogP contribution in [0.1, 0.15) is 18.4 Å². The first-order valence-corrected chi connectivity index (χ1v) is 8.62. The van der Waals surface area contributed by atoms with E-state index in [-0.39, 0.29) is 5.91 Å². The number of pyridine rings is 1. The molecule has 0 spiro atoms. The zero-order valence-corrected chi connectivity index (χ0v) is 15.5. The molecule has 5 nitrogen and oxygen atoms in total. The van der Waals surface area contributed by atoms with Gasteiger partial charge in [-0.25, -0.2) is 4.98 Å². The summed E-state index contributed by atoms with van der Waals surface area (Å²) in [5.41, 5.74) is 1.00. The zero-order chi connectivity index (χ0) is 17.4. The fourth-order valence-electron chi connectivity index (χ4n) is 2.23. The highest BCUT2D eigenvalue weighted by atomic mass is 79.9. The van der Waals surface area contributed by atoms with Gasteiger partial charge in [0.25, 0.3) is 0 Å². The number of anilines is 1. The van der Waals surface area contributed by atoms with Crippen LogP contribution >= 0.6 is 15.9 Å². The Hall–Kier alpha value is -2.08. The molecule has 24 heavy (non-hydrogen) atoms. The molecule has 0 unspecified atom stereocenters. The third-order valence-corrected chi connectivity index (χ3v) is 4.06. The SMILES string of the molecule is CN(C)c1ncccc1CNC(=O)CCCOc1ccccc1Br. The Labute approximate surface area is 151 Å². The average Bonchev–Trinajstić information content (AvgIpc) is 2.58. The summed E-state index contributed by atoms with van der Waals surface area (Å²) in [7, 11) is 3.87. The summed E-state index contributed by atoms with van der Waals surface area (Å²) in [5, 5.41) is 2.93. The number of carbonyl (C=O) groups is 1. The van der Waals surface area contributed by atoms with Gasteiger partial charge in [-0.3, -0.25) is 4.79 Å². The lowest BCUT2D eigenvalue weighted by Crippen LogP contribution is -2.24. The number of ether oxygens (including phenoxy) is 1. The minimum absolute atomic E-state index is 0.0132. The normalized spacial score (nSPS) is 10.3. The van der Waals surface area contributed by atoms with Crippen LogP contribution in [0.4, 0.5) is 5.82 Å². The molecule has 1 aromatic heterocycles. The maximum atomic E-state index is 12.0. The molecule has 0 bridgehead atoms. The third kappa shape index (κ3) is 5.53. The smallest absolute Gasteiger partial charge is 0.220 e. The van der Waals surface area contributed by atoms with Crippen molar-refractivity contribution in [2.45, 2.75) is 19.4 Å². The first-order valence-electron chi connectivity index (χ1n) is 7.83. The molecule has 0 fully saturated rings. The lowest BCUT2D eigenvalue weighted by Gasteiger charge is -2.16. The van der Waals surface area contributed by atoms with Crippen molar-refractivity contribution >= 4 is 27.7 Å². The number of para-hydroxylation sites is 1. The van der Waals surface area contributed by atoms with Crippen molar-refractivity contribution in [1.82, 2.24) is 10.3 Å². The molecule has 0 aliphatic carbocycles. The number of amides is 1. The molecule has 0 aliphatic rings. The summed E-state index contributed by atoms with van der Waals surface area (Å²) in [5.74, 6) is 1.68. The maximum absolute atomic E-state index is 12.0. The summed E-state index contributed by atoms with van der Waals surface area (Å²) in [6, 6.07) is 11.5. The van der Waals surface area contributed by atoms with E-state index in [0.717, 1.165) is 21.6 Å². The second kappa shape index (κ2) is 9.27. The van der Waals surface area contributed by atoms with Crippen LogP contribution in [-0.2, 0) is 11.3 Å². The van der Waals surface area contributed by atoms with E-state index in [9.17, 15) is 4.79 Å². The van der Waals surface area contributed by atoms with Gasteiger partial charge < -0.3 is 15.0 Å². The highest BCUT2D eigenvalue weighted by molar-refractivity contribution is 9.10. The first kappa shape index (κ1) is 18.3. The van der Waals surface area contributed by atoms with Crippen molar-refractivity contribution in [1.29, 1.82) is 0 Å². The predicted octanol–water partition coefficient (Wildman–Crippen LogP) is 3.39. The van der Waals surface area contributed by atoms with Crippen molar-refractivity contribution in [3.05, 3.63) is 52.6 Å². The first-order chi connectivity index (χ1) is 11.6. The molecule has 6 heteroatoms. The molecule has 0 atom stereocenters. The van der Waals surface area contributed by atoms with Gasteiger partial charge >= 0.3 is 0 Å². The monoisotopic (exact) mass is 391 g/mol. The van der Waals surface area contributed by atoms with E-state index in [4.69, 9.17) is 4.74 Å². The van der Waals surface area contributed by atoms with Gasteiger partial charge in [0.15, 0.2) is 0 Å². The Morgan fingerprint density at radius 3 is 2.79 bits per heavy atom. The van der Waals surface area contributed by atoms with Gasteiger partial charge in [0, 0.05) is 38.8 Å². The second-order valence-corrected chi connectivity index (χ2v) is 6.39. The van der Waals surface area contributed by atoms with Gasteiger partial charge in [0.05, 0.1) is 11.1 Å². The Morgan fingerprint density at radius 1 is 1.25 bits per heavy atom. The van der Waals surface area contributed by atoms with Crippen molar-refractivity contribution < 1.29 is 9.53 Å². The Kier molecular flexibility index (Phi) is 7.06. The molecule has 0 saturated carbocycles. The molecule has 1 heterocycles. The second-order valence-electron chi connectivity index (χ2n) is 5.54. The van der Waals surface area contributed by atoms with Crippen LogP contribution in [-0.4, -0.2) is 31.6 Å². The van der Waals surface area contributed by atoms with Crippen LogP contribution in [0.2, 0.25) is 0 Å². The number of hydrogen-bond donors (Lipinski definition) is 1. The summed E-state index contributed by atoms with van der Waals surface area (Å²) in [6.07, 6.45) is 2.85. The maximum Gasteiger partial charge on any atom is 0.220 e. The number of nitrogens with zero attached hydrogens (tertiary/aromatic N) is 2. The van der Waals surface area contributed by atoms with Gasteiger partial charge in [-0.2, -0.15) is 0 Å². The van der Waals surface area contributed by atoms with Crippen LogP contribution in [0, 0.1) is 0 Å². The van der Waals surface area contributed by atoms with E-state index < -0.39 is 0 Å². The van der Waals surface area contributed by atoms with Crippen LogP contribution < -0.4 is 15.0 Å². The fourth-order valence-corrected chi connectivity index (χ4v) is 2.63. The van der Waals surface area contributed by atoms with E-state index in [0.29, 0.717) is 26.0 Å². The highest BCUT2D eigenvalue weighted by Crippen LogP contribution is 2.23. The largest absolute Gasteiger partial charge is 0.492 e. The number of carbonyl (C=O) groups excluding carboxylic acids is 1. The quantitative estimate of drug-likeness (QED) is 0.700. The molecule has 2 aromatic rings.